The molecule has 0 amide bonds. The van der Waals surface area contributed by atoms with Crippen LogP contribution in [0.25, 0.3) is 0 Å². The van der Waals surface area contributed by atoms with Crippen LogP contribution in [0.2, 0.25) is 0 Å². The van der Waals surface area contributed by atoms with Crippen molar-refractivity contribution in [2.45, 2.75) is 13.5 Å². The first kappa shape index (κ1) is 25.2. The van der Waals surface area contributed by atoms with Gasteiger partial charge in [-0.1, -0.05) is 18.2 Å². The quantitative estimate of drug-likeness (QED) is 0.317. The van der Waals surface area contributed by atoms with Crippen molar-refractivity contribution in [2.75, 3.05) is 64.9 Å². The zero-order chi connectivity index (χ0) is 21.2. The minimum atomic E-state index is 0. The predicted octanol–water partition coefficient (Wildman–Crippen LogP) is 2.93. The summed E-state index contributed by atoms with van der Waals surface area (Å²) in [6, 6.07) is 14.1. The molecule has 0 saturated carbocycles. The average molecular weight is 538 g/mol. The largest absolute Gasteiger partial charge is 0.492 e. The number of aliphatic imine (C=N–C) groups is 1. The van der Waals surface area contributed by atoms with Gasteiger partial charge in [0, 0.05) is 46.0 Å². The highest BCUT2D eigenvalue weighted by Crippen LogP contribution is 2.15. The van der Waals surface area contributed by atoms with Crippen molar-refractivity contribution in [1.82, 2.24) is 20.1 Å². The van der Waals surface area contributed by atoms with Crippen molar-refractivity contribution in [3.8, 4) is 5.75 Å². The minimum absolute atomic E-state index is 0. The Labute approximate surface area is 203 Å². The molecular weight excluding hydrogens is 503 g/mol. The van der Waals surface area contributed by atoms with Gasteiger partial charge in [0.2, 0.25) is 0 Å². The van der Waals surface area contributed by atoms with E-state index in [0.717, 1.165) is 56.8 Å². The number of benzene rings is 1. The maximum absolute atomic E-state index is 5.82. The summed E-state index contributed by atoms with van der Waals surface area (Å²) in [5, 5.41) is 3.37. The van der Waals surface area contributed by atoms with Gasteiger partial charge in [0.05, 0.1) is 13.1 Å². The lowest BCUT2D eigenvalue weighted by molar-refractivity contribution is 0.281. The smallest absolute Gasteiger partial charge is 0.194 e. The molecule has 0 bridgehead atoms. The Morgan fingerprint density at radius 3 is 2.61 bits per heavy atom. The number of nitrogens with one attached hydrogen (secondary N) is 1. The lowest BCUT2D eigenvalue weighted by Gasteiger charge is -2.33. The van der Waals surface area contributed by atoms with E-state index in [-0.39, 0.29) is 24.0 Å². The molecule has 0 spiro atoms. The number of anilines is 1. The molecule has 1 aliphatic heterocycles. The number of para-hydroxylation sites is 1. The number of aromatic nitrogens is 1. The average Bonchev–Trinajstić information content (AvgIpc) is 2.78. The first-order chi connectivity index (χ1) is 14.7. The number of halogens is 1. The van der Waals surface area contributed by atoms with Gasteiger partial charge in [-0.15, -0.1) is 24.0 Å². The number of likely N-dealkylation sites (N-methyl/N-ethyl adjacent to an activating group) is 2. The van der Waals surface area contributed by atoms with Crippen LogP contribution in [0, 0.1) is 0 Å². The summed E-state index contributed by atoms with van der Waals surface area (Å²) in [4.78, 5) is 16.2. The van der Waals surface area contributed by atoms with E-state index in [1.165, 1.54) is 5.56 Å². The molecule has 0 unspecified atom stereocenters. The van der Waals surface area contributed by atoms with Gasteiger partial charge in [0.25, 0.3) is 0 Å². The van der Waals surface area contributed by atoms with Crippen LogP contribution in [0.15, 0.2) is 53.7 Å². The van der Waals surface area contributed by atoms with E-state index >= 15 is 0 Å². The number of guanidine groups is 1. The lowest BCUT2D eigenvalue weighted by atomic mass is 10.2. The second kappa shape index (κ2) is 13.4. The Morgan fingerprint density at radius 1 is 1.16 bits per heavy atom. The molecule has 1 N–H and O–H groups in total. The normalized spacial score (nSPS) is 14.7. The van der Waals surface area contributed by atoms with E-state index in [4.69, 9.17) is 9.73 Å². The minimum Gasteiger partial charge on any atom is -0.492 e. The van der Waals surface area contributed by atoms with E-state index < -0.39 is 0 Å². The molecule has 170 valence electrons. The molecule has 2 aromatic rings. The highest BCUT2D eigenvalue weighted by Gasteiger charge is 2.15. The summed E-state index contributed by atoms with van der Waals surface area (Å²) in [6.45, 7) is 9.07. The molecule has 1 aliphatic rings. The molecule has 7 nitrogen and oxygen atoms in total. The van der Waals surface area contributed by atoms with Crippen molar-refractivity contribution in [3.05, 3.63) is 54.2 Å². The van der Waals surface area contributed by atoms with E-state index in [9.17, 15) is 0 Å². The van der Waals surface area contributed by atoms with Gasteiger partial charge in [-0.2, -0.15) is 0 Å². The van der Waals surface area contributed by atoms with Crippen LogP contribution >= 0.6 is 24.0 Å². The maximum Gasteiger partial charge on any atom is 0.194 e. The standard InChI is InChI=1S/C23H34N6O.HI/c1-4-24-23(28(3)16-17-30-21-8-6-5-7-9-21)26-19-20-10-11-25-22(18-20)29-14-12-27(2)13-15-29;/h5-11,18H,4,12-17,19H2,1-3H3,(H,24,26);1H. The van der Waals surface area contributed by atoms with Crippen molar-refractivity contribution in [1.29, 1.82) is 0 Å². The monoisotopic (exact) mass is 538 g/mol. The van der Waals surface area contributed by atoms with Crippen LogP contribution < -0.4 is 15.0 Å². The topological polar surface area (TPSA) is 56.2 Å². The van der Waals surface area contributed by atoms with Gasteiger partial charge in [-0.3, -0.25) is 0 Å². The highest BCUT2D eigenvalue weighted by atomic mass is 127. The second-order valence-corrected chi connectivity index (χ2v) is 7.57. The van der Waals surface area contributed by atoms with Crippen LogP contribution in [-0.2, 0) is 6.54 Å². The Hall–Kier alpha value is -2.07. The molecule has 1 aromatic heterocycles. The lowest BCUT2D eigenvalue weighted by Crippen LogP contribution is -2.44. The van der Waals surface area contributed by atoms with Crippen molar-refractivity contribution < 1.29 is 4.74 Å². The number of hydrogen-bond acceptors (Lipinski definition) is 5. The predicted molar refractivity (Wildman–Crippen MR) is 139 cm³/mol. The summed E-state index contributed by atoms with van der Waals surface area (Å²) < 4.78 is 5.82. The van der Waals surface area contributed by atoms with Crippen LogP contribution in [0.1, 0.15) is 12.5 Å². The third kappa shape index (κ3) is 8.17. The summed E-state index contributed by atoms with van der Waals surface area (Å²) in [7, 11) is 4.21. The van der Waals surface area contributed by atoms with E-state index in [2.05, 4.69) is 45.0 Å². The highest BCUT2D eigenvalue weighted by molar-refractivity contribution is 14.0. The fourth-order valence-corrected chi connectivity index (χ4v) is 3.33. The fourth-order valence-electron chi connectivity index (χ4n) is 3.33. The Bertz CT molecular complexity index is 796. The second-order valence-electron chi connectivity index (χ2n) is 7.57. The molecule has 2 heterocycles. The van der Waals surface area contributed by atoms with Crippen LogP contribution in [0.5, 0.6) is 5.75 Å². The number of pyridine rings is 1. The van der Waals surface area contributed by atoms with Gasteiger partial charge in [-0.05, 0) is 43.8 Å². The first-order valence-corrected chi connectivity index (χ1v) is 10.7. The first-order valence-electron chi connectivity index (χ1n) is 10.7. The Morgan fingerprint density at radius 2 is 1.90 bits per heavy atom. The van der Waals surface area contributed by atoms with E-state index in [1.807, 2.05) is 49.6 Å². The van der Waals surface area contributed by atoms with Crippen molar-refractivity contribution in [2.24, 2.45) is 4.99 Å². The molecule has 0 atom stereocenters. The number of rotatable bonds is 8. The van der Waals surface area contributed by atoms with Gasteiger partial charge in [-0.25, -0.2) is 9.98 Å². The third-order valence-corrected chi connectivity index (χ3v) is 5.18. The van der Waals surface area contributed by atoms with Crippen molar-refractivity contribution >= 4 is 35.8 Å². The summed E-state index contributed by atoms with van der Waals surface area (Å²) >= 11 is 0. The number of hydrogen-bond donors (Lipinski definition) is 1. The molecular formula is C23H35IN6O. The SMILES string of the molecule is CCNC(=NCc1ccnc(N2CCN(C)CC2)c1)N(C)CCOc1ccccc1.I. The zero-order valence-electron chi connectivity index (χ0n) is 18.8. The fraction of sp³-hybridized carbons (Fsp3) is 0.478. The summed E-state index contributed by atoms with van der Waals surface area (Å²) in [5.41, 5.74) is 1.17. The van der Waals surface area contributed by atoms with Gasteiger partial charge >= 0.3 is 0 Å². The molecule has 0 radical (unpaired) electrons. The zero-order valence-corrected chi connectivity index (χ0v) is 21.2. The Balaban J connectivity index is 0.00000341. The van der Waals surface area contributed by atoms with Gasteiger partial charge in [0.15, 0.2) is 5.96 Å². The molecule has 8 heteroatoms. The van der Waals surface area contributed by atoms with Gasteiger partial charge in [0.1, 0.15) is 18.2 Å². The van der Waals surface area contributed by atoms with Crippen LogP contribution in [0.4, 0.5) is 5.82 Å². The third-order valence-electron chi connectivity index (χ3n) is 5.18. The van der Waals surface area contributed by atoms with Gasteiger partial charge < -0.3 is 24.8 Å². The summed E-state index contributed by atoms with van der Waals surface area (Å²) in [5.74, 6) is 2.82. The molecule has 1 fully saturated rings. The number of piperazine rings is 1. The Kier molecular flexibility index (Phi) is 10.9. The molecule has 0 aliphatic carbocycles. The molecule has 1 saturated heterocycles. The molecule has 3 rings (SSSR count). The van der Waals surface area contributed by atoms with E-state index in [0.29, 0.717) is 13.2 Å². The number of ether oxygens (including phenoxy) is 1. The number of nitrogens with zero attached hydrogens (tertiary/aromatic N) is 5. The van der Waals surface area contributed by atoms with E-state index in [1.54, 1.807) is 0 Å². The van der Waals surface area contributed by atoms with Crippen LogP contribution in [0.3, 0.4) is 0 Å². The van der Waals surface area contributed by atoms with Crippen LogP contribution in [-0.4, -0.2) is 80.7 Å². The maximum atomic E-state index is 5.82. The summed E-state index contributed by atoms with van der Waals surface area (Å²) in [6.07, 6.45) is 1.89. The molecule has 1 aromatic carbocycles. The van der Waals surface area contributed by atoms with Crippen molar-refractivity contribution in [3.63, 3.8) is 0 Å². The molecule has 31 heavy (non-hydrogen) atoms.